The molecule has 2 amide bonds. The van der Waals surface area contributed by atoms with Crippen molar-refractivity contribution in [3.8, 4) is 5.75 Å². The van der Waals surface area contributed by atoms with Gasteiger partial charge in [-0.15, -0.1) is 0 Å². The molecule has 0 aliphatic heterocycles. The van der Waals surface area contributed by atoms with Crippen molar-refractivity contribution >= 4 is 34.2 Å². The van der Waals surface area contributed by atoms with Gasteiger partial charge in [-0.1, -0.05) is 18.2 Å². The monoisotopic (exact) mass is 473 g/mol. The van der Waals surface area contributed by atoms with Crippen molar-refractivity contribution in [2.45, 2.75) is 6.42 Å². The van der Waals surface area contributed by atoms with Gasteiger partial charge in [0, 0.05) is 42.9 Å². The highest BCUT2D eigenvalue weighted by atomic mass is 16.6. The third-order valence-corrected chi connectivity index (χ3v) is 5.54. The van der Waals surface area contributed by atoms with Crippen LogP contribution in [-0.2, 0) is 13.5 Å². The lowest BCUT2D eigenvalue weighted by Gasteiger charge is -2.07. The van der Waals surface area contributed by atoms with Crippen molar-refractivity contribution in [3.63, 3.8) is 0 Å². The maximum absolute atomic E-state index is 12.7. The summed E-state index contributed by atoms with van der Waals surface area (Å²) >= 11 is 0. The molecule has 0 spiro atoms. The summed E-state index contributed by atoms with van der Waals surface area (Å²) in [7, 11) is 3.22. The van der Waals surface area contributed by atoms with Gasteiger partial charge >= 0.3 is 5.69 Å². The molecule has 0 saturated carbocycles. The number of anilines is 1. The van der Waals surface area contributed by atoms with Crippen LogP contribution in [0.3, 0.4) is 0 Å². The lowest BCUT2D eigenvalue weighted by molar-refractivity contribution is -0.385. The summed E-state index contributed by atoms with van der Waals surface area (Å²) in [5, 5.41) is 16.9. The largest absolute Gasteiger partial charge is 0.490 e. The highest BCUT2D eigenvalue weighted by molar-refractivity contribution is 6.05. The first kappa shape index (κ1) is 23.4. The topological polar surface area (TPSA) is 128 Å². The number of nitro benzene ring substituents is 1. The van der Waals surface area contributed by atoms with Crippen LogP contribution < -0.4 is 15.4 Å². The van der Waals surface area contributed by atoms with Crippen LogP contribution in [0, 0.1) is 10.1 Å². The van der Waals surface area contributed by atoms with Gasteiger partial charge in [0.15, 0.2) is 5.75 Å². The number of amides is 2. The molecule has 10 heteroatoms. The zero-order chi connectivity index (χ0) is 24.9. The Labute approximate surface area is 200 Å². The zero-order valence-electron chi connectivity index (χ0n) is 19.1. The number of fused-ring (bicyclic) bond motifs is 1. The molecular formula is C25H23N5O5. The van der Waals surface area contributed by atoms with Crippen LogP contribution in [0.4, 0.5) is 11.4 Å². The quantitative estimate of drug-likeness (QED) is 0.297. The number of nitrogens with zero attached hydrogens (tertiary/aromatic N) is 3. The SMILES string of the molecule is COc1ccc(C(=O)Nc2ccc3c(c2)nc(CCNC(=O)c2ccccc2)n3C)cc1[N+](=O)[O-]. The molecule has 0 radical (unpaired) electrons. The summed E-state index contributed by atoms with van der Waals surface area (Å²) in [5.74, 6) is 0.222. The Morgan fingerprint density at radius 3 is 2.51 bits per heavy atom. The van der Waals surface area contributed by atoms with Crippen LogP contribution in [0.2, 0.25) is 0 Å². The van der Waals surface area contributed by atoms with Gasteiger partial charge in [-0.2, -0.15) is 0 Å². The van der Waals surface area contributed by atoms with Gasteiger partial charge in [-0.3, -0.25) is 19.7 Å². The predicted octanol–water partition coefficient (Wildman–Crippen LogP) is 3.71. The van der Waals surface area contributed by atoms with Crippen LogP contribution >= 0.6 is 0 Å². The molecule has 4 rings (SSSR count). The molecular weight excluding hydrogens is 450 g/mol. The van der Waals surface area contributed by atoms with E-state index in [2.05, 4.69) is 15.6 Å². The van der Waals surface area contributed by atoms with Gasteiger partial charge in [0.2, 0.25) is 0 Å². The summed E-state index contributed by atoms with van der Waals surface area (Å²) in [6.07, 6.45) is 0.529. The summed E-state index contributed by atoms with van der Waals surface area (Å²) in [6.45, 7) is 0.421. The first-order valence-electron chi connectivity index (χ1n) is 10.8. The molecule has 35 heavy (non-hydrogen) atoms. The van der Waals surface area contributed by atoms with Crippen LogP contribution in [0.5, 0.6) is 5.75 Å². The molecule has 1 heterocycles. The van der Waals surface area contributed by atoms with Crippen molar-refractivity contribution in [2.24, 2.45) is 7.05 Å². The van der Waals surface area contributed by atoms with E-state index in [9.17, 15) is 19.7 Å². The smallest absolute Gasteiger partial charge is 0.311 e. The minimum absolute atomic E-state index is 0.0777. The van der Waals surface area contributed by atoms with Crippen molar-refractivity contribution in [1.82, 2.24) is 14.9 Å². The standard InChI is InChI=1S/C25H23N5O5/c1-29-20-10-9-18(27-25(32)17-8-11-22(35-2)21(14-17)30(33)34)15-19(20)28-23(29)12-13-26-24(31)16-6-4-3-5-7-16/h3-11,14-15H,12-13H2,1-2H3,(H,26,31)(H,27,32). The number of ether oxygens (including phenoxy) is 1. The van der Waals surface area contributed by atoms with E-state index < -0.39 is 10.8 Å². The summed E-state index contributed by atoms with van der Waals surface area (Å²) in [6, 6.07) is 18.3. The Morgan fingerprint density at radius 2 is 1.80 bits per heavy atom. The van der Waals surface area contributed by atoms with E-state index in [1.54, 1.807) is 24.3 Å². The number of rotatable bonds is 8. The van der Waals surface area contributed by atoms with Crippen LogP contribution in [0.25, 0.3) is 11.0 Å². The molecule has 3 aromatic carbocycles. The normalized spacial score (nSPS) is 10.7. The van der Waals surface area contributed by atoms with E-state index >= 15 is 0 Å². The Morgan fingerprint density at radius 1 is 1.03 bits per heavy atom. The number of benzene rings is 3. The molecule has 0 atom stereocenters. The minimum atomic E-state index is -0.598. The van der Waals surface area contributed by atoms with Gasteiger partial charge in [0.25, 0.3) is 11.8 Å². The number of hydrogen-bond donors (Lipinski definition) is 2. The molecule has 178 valence electrons. The summed E-state index contributed by atoms with van der Waals surface area (Å²) in [5.41, 5.74) is 2.49. The van der Waals surface area contributed by atoms with Crippen LogP contribution in [0.1, 0.15) is 26.5 Å². The molecule has 10 nitrogen and oxygen atoms in total. The fourth-order valence-corrected chi connectivity index (χ4v) is 3.71. The highest BCUT2D eigenvalue weighted by Gasteiger charge is 2.18. The van der Waals surface area contributed by atoms with Gasteiger partial charge in [0.1, 0.15) is 5.82 Å². The Bertz CT molecular complexity index is 1410. The van der Waals surface area contributed by atoms with Gasteiger partial charge in [0.05, 0.1) is 23.1 Å². The summed E-state index contributed by atoms with van der Waals surface area (Å²) < 4.78 is 6.91. The predicted molar refractivity (Wildman–Crippen MR) is 131 cm³/mol. The van der Waals surface area contributed by atoms with E-state index in [1.165, 1.54) is 25.3 Å². The lowest BCUT2D eigenvalue weighted by Crippen LogP contribution is -2.26. The number of methoxy groups -OCH3 is 1. The lowest BCUT2D eigenvalue weighted by atomic mass is 10.1. The molecule has 0 fully saturated rings. The fraction of sp³-hybridized carbons (Fsp3) is 0.160. The Hall–Kier alpha value is -4.73. The van der Waals surface area contributed by atoms with Crippen molar-refractivity contribution in [1.29, 1.82) is 0 Å². The first-order valence-corrected chi connectivity index (χ1v) is 10.8. The number of nitrogens with one attached hydrogen (secondary N) is 2. The van der Waals surface area contributed by atoms with Gasteiger partial charge in [-0.05, 0) is 42.5 Å². The van der Waals surface area contributed by atoms with Crippen molar-refractivity contribution < 1.29 is 19.2 Å². The molecule has 0 aliphatic rings. The number of aryl methyl sites for hydroxylation is 1. The Kier molecular flexibility index (Phi) is 6.72. The summed E-state index contributed by atoms with van der Waals surface area (Å²) in [4.78, 5) is 40.2. The van der Waals surface area contributed by atoms with E-state index in [4.69, 9.17) is 4.74 Å². The molecule has 2 N–H and O–H groups in total. The van der Waals surface area contributed by atoms with Crippen LogP contribution in [-0.4, -0.2) is 39.9 Å². The van der Waals surface area contributed by atoms with Crippen LogP contribution in [0.15, 0.2) is 66.7 Å². The number of carbonyl (C=O) groups is 2. The van der Waals surface area contributed by atoms with E-state index in [0.717, 1.165) is 11.3 Å². The number of hydrogen-bond acceptors (Lipinski definition) is 6. The average Bonchev–Trinajstić information content (AvgIpc) is 3.18. The second-order valence-corrected chi connectivity index (χ2v) is 7.76. The minimum Gasteiger partial charge on any atom is -0.490 e. The second kappa shape index (κ2) is 10.0. The fourth-order valence-electron chi connectivity index (χ4n) is 3.71. The third-order valence-electron chi connectivity index (χ3n) is 5.54. The van der Waals surface area contributed by atoms with E-state index in [-0.39, 0.29) is 22.9 Å². The average molecular weight is 473 g/mol. The molecule has 0 aliphatic carbocycles. The second-order valence-electron chi connectivity index (χ2n) is 7.76. The van der Waals surface area contributed by atoms with E-state index in [0.29, 0.717) is 29.7 Å². The van der Waals surface area contributed by atoms with Gasteiger partial charge < -0.3 is 19.9 Å². The third kappa shape index (κ3) is 5.11. The number of imidazole rings is 1. The van der Waals surface area contributed by atoms with Crippen molar-refractivity contribution in [3.05, 3.63) is 93.8 Å². The first-order chi connectivity index (χ1) is 16.9. The van der Waals surface area contributed by atoms with Gasteiger partial charge in [-0.25, -0.2) is 4.98 Å². The molecule has 0 bridgehead atoms. The maximum Gasteiger partial charge on any atom is 0.311 e. The number of carbonyl (C=O) groups excluding carboxylic acids is 2. The number of nitro groups is 1. The molecule has 1 aromatic heterocycles. The zero-order valence-corrected chi connectivity index (χ0v) is 19.1. The number of aromatic nitrogens is 2. The van der Waals surface area contributed by atoms with Crippen molar-refractivity contribution in [2.75, 3.05) is 19.0 Å². The highest BCUT2D eigenvalue weighted by Crippen LogP contribution is 2.28. The molecule has 4 aromatic rings. The molecule has 0 saturated heterocycles. The van der Waals surface area contributed by atoms with E-state index in [1.807, 2.05) is 35.9 Å². The Balaban J connectivity index is 1.45. The maximum atomic E-state index is 12.7. The molecule has 0 unspecified atom stereocenters.